The van der Waals surface area contributed by atoms with Crippen LogP contribution in [0, 0.1) is 11.6 Å². The van der Waals surface area contributed by atoms with E-state index in [-0.39, 0.29) is 5.56 Å². The quantitative estimate of drug-likeness (QED) is 0.714. The van der Waals surface area contributed by atoms with Crippen LogP contribution in [0.2, 0.25) is 10.0 Å². The van der Waals surface area contributed by atoms with Crippen molar-refractivity contribution >= 4 is 34.2 Å². The number of nitrogens with two attached hydrogens (primary N) is 1. The number of furan rings is 1. The Labute approximate surface area is 129 Å². The maximum Gasteiger partial charge on any atom is 0.153 e. The molecule has 21 heavy (non-hydrogen) atoms. The highest BCUT2D eigenvalue weighted by atomic mass is 35.5. The zero-order chi connectivity index (χ0) is 15.1. The molecule has 1 atom stereocenters. The Hall–Kier alpha value is -1.62. The molecule has 1 heterocycles. The van der Waals surface area contributed by atoms with E-state index in [1.54, 1.807) is 18.2 Å². The fourth-order valence-electron chi connectivity index (χ4n) is 2.16. The van der Waals surface area contributed by atoms with E-state index in [0.717, 1.165) is 12.1 Å². The lowest BCUT2D eigenvalue weighted by atomic mass is 10.0. The van der Waals surface area contributed by atoms with Gasteiger partial charge in [-0.25, -0.2) is 8.78 Å². The smallest absolute Gasteiger partial charge is 0.153 e. The summed E-state index contributed by atoms with van der Waals surface area (Å²) < 4.78 is 32.3. The predicted octanol–water partition coefficient (Wildman–Crippen LogP) is 5.07. The van der Waals surface area contributed by atoms with E-state index in [0.29, 0.717) is 26.8 Å². The minimum Gasteiger partial charge on any atom is -0.457 e. The van der Waals surface area contributed by atoms with Gasteiger partial charge in [-0.1, -0.05) is 29.3 Å². The van der Waals surface area contributed by atoms with Crippen LogP contribution in [0.1, 0.15) is 17.4 Å². The summed E-state index contributed by atoms with van der Waals surface area (Å²) in [5.74, 6) is -1.07. The summed E-state index contributed by atoms with van der Waals surface area (Å²) >= 11 is 11.9. The van der Waals surface area contributed by atoms with E-state index < -0.39 is 17.7 Å². The Balaban J connectivity index is 2.09. The molecule has 0 saturated heterocycles. The lowest BCUT2D eigenvalue weighted by molar-refractivity contribution is 0.506. The van der Waals surface area contributed by atoms with Crippen molar-refractivity contribution in [1.29, 1.82) is 0 Å². The predicted molar refractivity (Wildman–Crippen MR) is 78.6 cm³/mol. The van der Waals surface area contributed by atoms with Crippen LogP contribution in [0.15, 0.2) is 40.8 Å². The van der Waals surface area contributed by atoms with E-state index in [9.17, 15) is 8.78 Å². The van der Waals surface area contributed by atoms with Crippen molar-refractivity contribution in [2.45, 2.75) is 6.04 Å². The van der Waals surface area contributed by atoms with Crippen molar-refractivity contribution in [3.05, 3.63) is 69.4 Å². The van der Waals surface area contributed by atoms with Gasteiger partial charge in [0.25, 0.3) is 0 Å². The van der Waals surface area contributed by atoms with Gasteiger partial charge in [-0.15, -0.1) is 0 Å². The third kappa shape index (κ3) is 2.62. The third-order valence-corrected chi connectivity index (χ3v) is 3.66. The summed E-state index contributed by atoms with van der Waals surface area (Å²) in [5.41, 5.74) is 6.55. The Kier molecular flexibility index (Phi) is 3.61. The van der Waals surface area contributed by atoms with Crippen LogP contribution >= 0.6 is 23.2 Å². The molecule has 0 aliphatic heterocycles. The molecular weight excluding hydrogens is 319 g/mol. The lowest BCUT2D eigenvalue weighted by Gasteiger charge is -2.10. The van der Waals surface area contributed by atoms with Crippen LogP contribution < -0.4 is 5.73 Å². The van der Waals surface area contributed by atoms with Crippen molar-refractivity contribution in [3.8, 4) is 0 Å². The molecule has 2 nitrogen and oxygen atoms in total. The van der Waals surface area contributed by atoms with E-state index in [4.69, 9.17) is 33.4 Å². The summed E-state index contributed by atoms with van der Waals surface area (Å²) in [7, 11) is 0. The molecule has 6 heteroatoms. The highest BCUT2D eigenvalue weighted by Gasteiger charge is 2.19. The number of benzene rings is 2. The monoisotopic (exact) mass is 327 g/mol. The average Bonchev–Trinajstić information content (AvgIpc) is 2.82. The zero-order valence-corrected chi connectivity index (χ0v) is 12.1. The van der Waals surface area contributed by atoms with Gasteiger partial charge < -0.3 is 10.2 Å². The lowest BCUT2D eigenvalue weighted by Crippen LogP contribution is -2.12. The molecule has 0 saturated carbocycles. The number of hydrogen-bond donors (Lipinski definition) is 1. The van der Waals surface area contributed by atoms with Crippen LogP contribution in [0.4, 0.5) is 8.78 Å². The molecule has 1 unspecified atom stereocenters. The fourth-order valence-corrected chi connectivity index (χ4v) is 2.70. The summed E-state index contributed by atoms with van der Waals surface area (Å²) in [6, 6.07) is 7.20. The van der Waals surface area contributed by atoms with Crippen LogP contribution in [0.5, 0.6) is 0 Å². The van der Waals surface area contributed by atoms with Gasteiger partial charge in [0.05, 0.1) is 11.1 Å². The highest BCUT2D eigenvalue weighted by molar-refractivity contribution is 6.38. The standard InChI is InChI=1S/C15H9Cl2F2NO/c16-8-3-7-4-13(21-15(7)11(17)5-8)14(20)10-2-1-9(18)6-12(10)19/h1-6,14H,20H2. The first-order valence-corrected chi connectivity index (χ1v) is 6.80. The molecule has 0 fully saturated rings. The molecule has 0 aliphatic carbocycles. The maximum absolute atomic E-state index is 13.8. The second-order valence-electron chi connectivity index (χ2n) is 4.60. The molecule has 2 aromatic carbocycles. The molecule has 2 N–H and O–H groups in total. The SMILES string of the molecule is NC(c1cc2cc(Cl)cc(Cl)c2o1)c1ccc(F)cc1F. The van der Waals surface area contributed by atoms with E-state index in [1.807, 2.05) is 0 Å². The zero-order valence-electron chi connectivity index (χ0n) is 10.5. The molecule has 0 spiro atoms. The summed E-state index contributed by atoms with van der Waals surface area (Å²) in [6.07, 6.45) is 0. The minimum atomic E-state index is -0.868. The second kappa shape index (κ2) is 5.30. The molecule has 3 aromatic rings. The van der Waals surface area contributed by atoms with Crippen molar-refractivity contribution in [2.24, 2.45) is 5.73 Å². The third-order valence-electron chi connectivity index (χ3n) is 3.16. The summed E-state index contributed by atoms with van der Waals surface area (Å²) in [6.45, 7) is 0. The van der Waals surface area contributed by atoms with Gasteiger partial charge in [-0.3, -0.25) is 0 Å². The molecule has 108 valence electrons. The topological polar surface area (TPSA) is 39.2 Å². The first kappa shape index (κ1) is 14.3. The summed E-state index contributed by atoms with van der Waals surface area (Å²) in [4.78, 5) is 0. The molecule has 0 bridgehead atoms. The fraction of sp³-hybridized carbons (Fsp3) is 0.0667. The normalized spacial score (nSPS) is 12.8. The van der Waals surface area contributed by atoms with Gasteiger partial charge in [0.2, 0.25) is 0 Å². The number of hydrogen-bond acceptors (Lipinski definition) is 2. The van der Waals surface area contributed by atoms with Crippen molar-refractivity contribution in [1.82, 2.24) is 0 Å². The highest BCUT2D eigenvalue weighted by Crippen LogP contribution is 2.34. The van der Waals surface area contributed by atoms with E-state index in [1.165, 1.54) is 6.07 Å². The van der Waals surface area contributed by atoms with Crippen LogP contribution in [0.3, 0.4) is 0 Å². The van der Waals surface area contributed by atoms with E-state index in [2.05, 4.69) is 0 Å². The largest absolute Gasteiger partial charge is 0.457 e. The van der Waals surface area contributed by atoms with Gasteiger partial charge >= 0.3 is 0 Å². The Bertz CT molecular complexity index is 832. The second-order valence-corrected chi connectivity index (χ2v) is 5.44. The number of halogens is 4. The van der Waals surface area contributed by atoms with Crippen molar-refractivity contribution in [3.63, 3.8) is 0 Å². The first-order valence-electron chi connectivity index (χ1n) is 6.04. The van der Waals surface area contributed by atoms with Gasteiger partial charge in [0, 0.05) is 22.0 Å². The molecular formula is C15H9Cl2F2NO. The molecule has 3 rings (SSSR count). The van der Waals surface area contributed by atoms with Gasteiger partial charge in [-0.2, -0.15) is 0 Å². The van der Waals surface area contributed by atoms with Crippen LogP contribution in [-0.4, -0.2) is 0 Å². The number of fused-ring (bicyclic) bond motifs is 1. The van der Waals surface area contributed by atoms with Crippen molar-refractivity contribution in [2.75, 3.05) is 0 Å². The molecule has 0 amide bonds. The number of rotatable bonds is 2. The Morgan fingerprint density at radius 3 is 2.52 bits per heavy atom. The first-order chi connectivity index (χ1) is 9.95. The van der Waals surface area contributed by atoms with Crippen LogP contribution in [-0.2, 0) is 0 Å². The molecule has 0 radical (unpaired) electrons. The van der Waals surface area contributed by atoms with Crippen LogP contribution in [0.25, 0.3) is 11.0 Å². The maximum atomic E-state index is 13.8. The van der Waals surface area contributed by atoms with Gasteiger partial charge in [-0.05, 0) is 24.3 Å². The van der Waals surface area contributed by atoms with E-state index >= 15 is 0 Å². The molecule has 0 aliphatic rings. The van der Waals surface area contributed by atoms with Crippen molar-refractivity contribution < 1.29 is 13.2 Å². The minimum absolute atomic E-state index is 0.137. The summed E-state index contributed by atoms with van der Waals surface area (Å²) in [5, 5.41) is 1.47. The van der Waals surface area contributed by atoms with Gasteiger partial charge in [0.1, 0.15) is 17.4 Å². The Morgan fingerprint density at radius 2 is 1.81 bits per heavy atom. The molecule has 1 aromatic heterocycles. The average molecular weight is 328 g/mol. The Morgan fingerprint density at radius 1 is 1.05 bits per heavy atom. The van der Waals surface area contributed by atoms with Gasteiger partial charge in [0.15, 0.2) is 5.58 Å².